The van der Waals surface area contributed by atoms with Crippen molar-refractivity contribution in [2.24, 2.45) is 0 Å². The molecule has 0 aliphatic rings. The standard InChI is InChI=1S/C15H21N5O3/c1-5-19-9-12(10(2)16-19)8-18(4)14(21)11(3)20-7-6-13(17-20)15(22)23/h6-7,9,11H,5,8H2,1-4H3,(H,22,23). The molecule has 0 fully saturated rings. The van der Waals surface area contributed by atoms with E-state index in [1.54, 1.807) is 18.9 Å². The second-order valence-electron chi connectivity index (χ2n) is 5.45. The lowest BCUT2D eigenvalue weighted by Crippen LogP contribution is -2.33. The average molecular weight is 319 g/mol. The highest BCUT2D eigenvalue weighted by Gasteiger charge is 2.22. The van der Waals surface area contributed by atoms with Crippen molar-refractivity contribution in [1.29, 1.82) is 0 Å². The van der Waals surface area contributed by atoms with Crippen LogP contribution in [0, 0.1) is 6.92 Å². The molecule has 8 heteroatoms. The summed E-state index contributed by atoms with van der Waals surface area (Å²) in [5.74, 6) is -1.26. The number of aromatic carboxylic acids is 1. The lowest BCUT2D eigenvalue weighted by molar-refractivity contribution is -0.133. The largest absolute Gasteiger partial charge is 0.476 e. The van der Waals surface area contributed by atoms with Crippen molar-refractivity contribution in [3.05, 3.63) is 35.4 Å². The van der Waals surface area contributed by atoms with Crippen LogP contribution in [-0.2, 0) is 17.9 Å². The minimum atomic E-state index is -1.11. The Labute approximate surface area is 134 Å². The van der Waals surface area contributed by atoms with E-state index in [1.807, 2.05) is 24.7 Å². The molecule has 8 nitrogen and oxygen atoms in total. The predicted molar refractivity (Wildman–Crippen MR) is 83.0 cm³/mol. The van der Waals surface area contributed by atoms with Crippen LogP contribution in [0.25, 0.3) is 0 Å². The molecular formula is C15H21N5O3. The van der Waals surface area contributed by atoms with Crippen LogP contribution < -0.4 is 0 Å². The van der Waals surface area contributed by atoms with E-state index in [9.17, 15) is 9.59 Å². The quantitative estimate of drug-likeness (QED) is 0.867. The van der Waals surface area contributed by atoms with Gasteiger partial charge in [0.05, 0.1) is 5.69 Å². The number of aromatic nitrogens is 4. The van der Waals surface area contributed by atoms with E-state index in [4.69, 9.17) is 5.11 Å². The highest BCUT2D eigenvalue weighted by Crippen LogP contribution is 2.14. The van der Waals surface area contributed by atoms with Crippen LogP contribution in [0.5, 0.6) is 0 Å². The van der Waals surface area contributed by atoms with Crippen molar-refractivity contribution in [3.8, 4) is 0 Å². The number of carbonyl (C=O) groups is 2. The fourth-order valence-electron chi connectivity index (χ4n) is 2.31. The first-order valence-corrected chi connectivity index (χ1v) is 7.39. The molecule has 2 rings (SSSR count). The highest BCUT2D eigenvalue weighted by molar-refractivity contribution is 5.85. The molecule has 23 heavy (non-hydrogen) atoms. The summed E-state index contributed by atoms with van der Waals surface area (Å²) < 4.78 is 3.20. The summed E-state index contributed by atoms with van der Waals surface area (Å²) in [6.45, 7) is 6.84. The number of carbonyl (C=O) groups excluding carboxylic acids is 1. The second kappa shape index (κ2) is 6.64. The second-order valence-corrected chi connectivity index (χ2v) is 5.45. The Morgan fingerprint density at radius 1 is 1.39 bits per heavy atom. The number of likely N-dealkylation sites (N-methyl/N-ethyl adjacent to an activating group) is 1. The molecule has 2 heterocycles. The lowest BCUT2D eigenvalue weighted by Gasteiger charge is -2.21. The van der Waals surface area contributed by atoms with Crippen LogP contribution in [0.2, 0.25) is 0 Å². The van der Waals surface area contributed by atoms with Gasteiger partial charge in [-0.3, -0.25) is 14.2 Å². The van der Waals surface area contributed by atoms with Gasteiger partial charge >= 0.3 is 5.97 Å². The summed E-state index contributed by atoms with van der Waals surface area (Å²) in [6.07, 6.45) is 3.43. The zero-order valence-corrected chi connectivity index (χ0v) is 13.7. The molecule has 1 amide bonds. The maximum absolute atomic E-state index is 12.5. The molecule has 1 atom stereocenters. The summed E-state index contributed by atoms with van der Waals surface area (Å²) in [4.78, 5) is 25.0. The summed E-state index contributed by atoms with van der Waals surface area (Å²) in [5.41, 5.74) is 1.81. The Morgan fingerprint density at radius 3 is 2.61 bits per heavy atom. The molecule has 0 aliphatic carbocycles. The van der Waals surface area contributed by atoms with E-state index >= 15 is 0 Å². The van der Waals surface area contributed by atoms with Crippen LogP contribution in [0.1, 0.15) is 41.6 Å². The number of nitrogens with zero attached hydrogens (tertiary/aromatic N) is 5. The van der Waals surface area contributed by atoms with Gasteiger partial charge in [-0.2, -0.15) is 10.2 Å². The molecule has 0 spiro atoms. The van der Waals surface area contributed by atoms with Gasteiger partial charge in [0.1, 0.15) is 6.04 Å². The normalized spacial score (nSPS) is 12.2. The van der Waals surface area contributed by atoms with Crippen LogP contribution >= 0.6 is 0 Å². The fourth-order valence-corrected chi connectivity index (χ4v) is 2.31. The Morgan fingerprint density at radius 2 is 2.09 bits per heavy atom. The van der Waals surface area contributed by atoms with E-state index < -0.39 is 12.0 Å². The fraction of sp³-hybridized carbons (Fsp3) is 0.467. The van der Waals surface area contributed by atoms with E-state index in [2.05, 4.69) is 10.2 Å². The first-order chi connectivity index (χ1) is 10.8. The van der Waals surface area contributed by atoms with E-state index in [-0.39, 0.29) is 11.6 Å². The number of hydrogen-bond acceptors (Lipinski definition) is 4. The number of hydrogen-bond donors (Lipinski definition) is 1. The van der Waals surface area contributed by atoms with Gasteiger partial charge in [0.15, 0.2) is 5.69 Å². The predicted octanol–water partition coefficient (Wildman–Crippen LogP) is 1.33. The molecule has 0 saturated heterocycles. The first-order valence-electron chi connectivity index (χ1n) is 7.39. The maximum Gasteiger partial charge on any atom is 0.356 e. The minimum Gasteiger partial charge on any atom is -0.476 e. The van der Waals surface area contributed by atoms with Gasteiger partial charge in [-0.1, -0.05) is 0 Å². The number of rotatable bonds is 6. The van der Waals surface area contributed by atoms with Gasteiger partial charge in [0, 0.05) is 38.1 Å². The van der Waals surface area contributed by atoms with Crippen LogP contribution in [-0.4, -0.2) is 48.5 Å². The molecule has 0 aromatic carbocycles. The Kier molecular flexibility index (Phi) is 4.83. The van der Waals surface area contributed by atoms with Gasteiger partial charge in [-0.15, -0.1) is 0 Å². The smallest absolute Gasteiger partial charge is 0.356 e. The molecular weight excluding hydrogens is 298 g/mol. The maximum atomic E-state index is 12.5. The zero-order valence-electron chi connectivity index (χ0n) is 13.7. The number of aryl methyl sites for hydroxylation is 2. The summed E-state index contributed by atoms with van der Waals surface area (Å²) >= 11 is 0. The molecule has 1 N–H and O–H groups in total. The summed E-state index contributed by atoms with van der Waals surface area (Å²) in [6, 6.07) is 0.802. The van der Waals surface area contributed by atoms with Crippen LogP contribution in [0.3, 0.4) is 0 Å². The van der Waals surface area contributed by atoms with Gasteiger partial charge in [0.25, 0.3) is 0 Å². The van der Waals surface area contributed by atoms with E-state index in [1.165, 1.54) is 16.9 Å². The molecule has 0 aliphatic heterocycles. The summed E-state index contributed by atoms with van der Waals surface area (Å²) in [7, 11) is 1.71. The SMILES string of the molecule is CCn1cc(CN(C)C(=O)C(C)n2ccc(C(=O)O)n2)c(C)n1. The summed E-state index contributed by atoms with van der Waals surface area (Å²) in [5, 5.41) is 17.2. The van der Waals surface area contributed by atoms with E-state index in [0.717, 1.165) is 17.8 Å². The highest BCUT2D eigenvalue weighted by atomic mass is 16.4. The first kappa shape index (κ1) is 16.7. The van der Waals surface area contributed by atoms with Crippen molar-refractivity contribution in [3.63, 3.8) is 0 Å². The van der Waals surface area contributed by atoms with Crippen molar-refractivity contribution in [2.75, 3.05) is 7.05 Å². The Bertz CT molecular complexity index is 719. The third kappa shape index (κ3) is 3.58. The van der Waals surface area contributed by atoms with Gasteiger partial charge in [-0.05, 0) is 26.8 Å². The number of carboxylic acids is 1. The average Bonchev–Trinajstić information content (AvgIpc) is 3.13. The minimum absolute atomic E-state index is 0.0765. The van der Waals surface area contributed by atoms with Gasteiger partial charge in [0.2, 0.25) is 5.91 Å². The third-order valence-electron chi connectivity index (χ3n) is 3.74. The topological polar surface area (TPSA) is 93.2 Å². The van der Waals surface area contributed by atoms with Crippen molar-refractivity contribution < 1.29 is 14.7 Å². The Hall–Kier alpha value is -2.64. The lowest BCUT2D eigenvalue weighted by atomic mass is 10.2. The van der Waals surface area contributed by atoms with Crippen LogP contribution in [0.15, 0.2) is 18.5 Å². The monoisotopic (exact) mass is 319 g/mol. The molecule has 0 saturated carbocycles. The van der Waals surface area contributed by atoms with Crippen molar-refractivity contribution in [2.45, 2.75) is 39.9 Å². The van der Waals surface area contributed by atoms with Crippen molar-refractivity contribution in [1.82, 2.24) is 24.5 Å². The molecule has 0 radical (unpaired) electrons. The number of amides is 1. The van der Waals surface area contributed by atoms with Gasteiger partial charge in [-0.25, -0.2) is 4.79 Å². The van der Waals surface area contributed by atoms with Crippen molar-refractivity contribution >= 4 is 11.9 Å². The van der Waals surface area contributed by atoms with Crippen LogP contribution in [0.4, 0.5) is 0 Å². The number of carboxylic acid groups (broad SMARTS) is 1. The molecule has 124 valence electrons. The Balaban J connectivity index is 2.08. The molecule has 2 aromatic rings. The van der Waals surface area contributed by atoms with E-state index in [0.29, 0.717) is 6.54 Å². The zero-order chi connectivity index (χ0) is 17.1. The van der Waals surface area contributed by atoms with Gasteiger partial charge < -0.3 is 10.0 Å². The molecule has 0 bridgehead atoms. The third-order valence-corrected chi connectivity index (χ3v) is 3.74. The molecule has 1 unspecified atom stereocenters. The molecule has 2 aromatic heterocycles.